The van der Waals surface area contributed by atoms with Gasteiger partial charge in [0.1, 0.15) is 0 Å². The molecule has 0 saturated carbocycles. The number of Topliss-reactive ketones (excluding diaryl/α,β-unsaturated/α-hetero) is 1. The summed E-state index contributed by atoms with van der Waals surface area (Å²) < 4.78 is 4.92. The Kier molecular flexibility index (Phi) is 4.54. The monoisotopic (exact) mass is 198 g/mol. The summed E-state index contributed by atoms with van der Waals surface area (Å²) in [4.78, 5) is 22.5. The molecule has 0 aliphatic rings. The van der Waals surface area contributed by atoms with Gasteiger partial charge in [0.15, 0.2) is 11.9 Å². The number of carbonyl (C=O) groups is 2. The lowest BCUT2D eigenvalue weighted by molar-refractivity contribution is -0.155. The summed E-state index contributed by atoms with van der Waals surface area (Å²) in [5, 5.41) is 0. The lowest BCUT2D eigenvalue weighted by atomic mass is 9.86. The van der Waals surface area contributed by atoms with Crippen LogP contribution in [-0.4, -0.2) is 17.9 Å². The van der Waals surface area contributed by atoms with Gasteiger partial charge in [-0.2, -0.15) is 0 Å². The fourth-order valence-electron chi connectivity index (χ4n) is 1.04. The first-order chi connectivity index (χ1) is 6.29. The van der Waals surface area contributed by atoms with E-state index in [2.05, 4.69) is 6.58 Å². The van der Waals surface area contributed by atoms with Crippen molar-refractivity contribution >= 4 is 11.8 Å². The molecule has 3 heteroatoms. The van der Waals surface area contributed by atoms with Crippen LogP contribution in [0.15, 0.2) is 12.7 Å². The Balaban J connectivity index is 4.56. The molecule has 0 aromatic carbocycles. The SMILES string of the molecule is C=CC[C@H](OC(C)=O)C(=O)C(C)(C)C. The molecule has 0 aromatic heterocycles. The molecular weight excluding hydrogens is 180 g/mol. The van der Waals surface area contributed by atoms with Crippen LogP contribution in [0.1, 0.15) is 34.1 Å². The van der Waals surface area contributed by atoms with Crippen LogP contribution in [0.3, 0.4) is 0 Å². The van der Waals surface area contributed by atoms with Crippen molar-refractivity contribution in [2.24, 2.45) is 5.41 Å². The minimum absolute atomic E-state index is 0.0763. The smallest absolute Gasteiger partial charge is 0.303 e. The number of hydrogen-bond donors (Lipinski definition) is 0. The Bertz CT molecular complexity index is 235. The van der Waals surface area contributed by atoms with Crippen molar-refractivity contribution < 1.29 is 14.3 Å². The maximum absolute atomic E-state index is 11.8. The van der Waals surface area contributed by atoms with Crippen molar-refractivity contribution in [1.29, 1.82) is 0 Å². The van der Waals surface area contributed by atoms with Gasteiger partial charge in [-0.1, -0.05) is 26.8 Å². The van der Waals surface area contributed by atoms with Gasteiger partial charge in [-0.15, -0.1) is 6.58 Å². The second-order valence-electron chi connectivity index (χ2n) is 4.24. The number of hydrogen-bond acceptors (Lipinski definition) is 3. The maximum atomic E-state index is 11.8. The van der Waals surface area contributed by atoms with Gasteiger partial charge in [0.2, 0.25) is 0 Å². The van der Waals surface area contributed by atoms with Gasteiger partial charge in [-0.25, -0.2) is 0 Å². The summed E-state index contributed by atoms with van der Waals surface area (Å²) >= 11 is 0. The summed E-state index contributed by atoms with van der Waals surface area (Å²) in [6.45, 7) is 10.2. The number of ether oxygens (including phenoxy) is 1. The minimum Gasteiger partial charge on any atom is -0.454 e. The highest BCUT2D eigenvalue weighted by molar-refractivity contribution is 5.89. The largest absolute Gasteiger partial charge is 0.454 e. The van der Waals surface area contributed by atoms with E-state index in [1.54, 1.807) is 26.8 Å². The first-order valence-corrected chi connectivity index (χ1v) is 4.61. The topological polar surface area (TPSA) is 43.4 Å². The third-order valence-corrected chi connectivity index (χ3v) is 1.72. The average Bonchev–Trinajstić information content (AvgIpc) is 2.00. The maximum Gasteiger partial charge on any atom is 0.303 e. The third kappa shape index (κ3) is 4.21. The quantitative estimate of drug-likeness (QED) is 0.513. The summed E-state index contributed by atoms with van der Waals surface area (Å²) in [6.07, 6.45) is 1.26. The van der Waals surface area contributed by atoms with E-state index < -0.39 is 17.5 Å². The molecule has 0 fully saturated rings. The summed E-state index contributed by atoms with van der Waals surface area (Å²) in [5.41, 5.74) is -0.497. The van der Waals surface area contributed by atoms with Gasteiger partial charge in [0, 0.05) is 18.8 Å². The molecule has 0 aromatic rings. The van der Waals surface area contributed by atoms with E-state index in [0.717, 1.165) is 0 Å². The van der Waals surface area contributed by atoms with Crippen LogP contribution in [0.5, 0.6) is 0 Å². The lowest BCUT2D eigenvalue weighted by Gasteiger charge is -2.23. The van der Waals surface area contributed by atoms with E-state index in [9.17, 15) is 9.59 Å². The number of carbonyl (C=O) groups excluding carboxylic acids is 2. The zero-order valence-corrected chi connectivity index (χ0v) is 9.29. The number of ketones is 1. The van der Waals surface area contributed by atoms with Crippen molar-refractivity contribution in [3.05, 3.63) is 12.7 Å². The molecule has 0 heterocycles. The minimum atomic E-state index is -0.690. The summed E-state index contributed by atoms with van der Waals surface area (Å²) in [6, 6.07) is 0. The molecular formula is C11H18O3. The predicted octanol–water partition coefficient (Wildman–Crippen LogP) is 2.11. The molecule has 0 unspecified atom stereocenters. The average molecular weight is 198 g/mol. The Morgan fingerprint density at radius 1 is 1.43 bits per heavy atom. The van der Waals surface area contributed by atoms with E-state index in [4.69, 9.17) is 4.74 Å². The van der Waals surface area contributed by atoms with Crippen molar-refractivity contribution in [3.8, 4) is 0 Å². The Morgan fingerprint density at radius 2 is 1.93 bits per heavy atom. The highest BCUT2D eigenvalue weighted by Gasteiger charge is 2.30. The van der Waals surface area contributed by atoms with E-state index in [-0.39, 0.29) is 5.78 Å². The molecule has 0 radical (unpaired) electrons. The molecule has 3 nitrogen and oxygen atoms in total. The zero-order chi connectivity index (χ0) is 11.4. The molecule has 14 heavy (non-hydrogen) atoms. The van der Waals surface area contributed by atoms with E-state index >= 15 is 0 Å². The molecule has 0 rings (SSSR count). The summed E-state index contributed by atoms with van der Waals surface area (Å²) in [7, 11) is 0. The van der Waals surface area contributed by atoms with Gasteiger partial charge < -0.3 is 4.74 Å². The first kappa shape index (κ1) is 12.9. The number of esters is 1. The Labute approximate surface area is 85.1 Å². The van der Waals surface area contributed by atoms with Crippen LogP contribution in [0.4, 0.5) is 0 Å². The van der Waals surface area contributed by atoms with Crippen LogP contribution in [0, 0.1) is 5.41 Å². The lowest BCUT2D eigenvalue weighted by Crippen LogP contribution is -2.35. The predicted molar refractivity (Wildman–Crippen MR) is 54.8 cm³/mol. The van der Waals surface area contributed by atoms with Crippen molar-refractivity contribution in [2.75, 3.05) is 0 Å². The summed E-state index contributed by atoms with van der Waals surface area (Å²) in [5.74, 6) is -0.512. The highest BCUT2D eigenvalue weighted by Crippen LogP contribution is 2.20. The first-order valence-electron chi connectivity index (χ1n) is 4.61. The van der Waals surface area contributed by atoms with Crippen molar-refractivity contribution in [2.45, 2.75) is 40.2 Å². The molecule has 1 atom stereocenters. The fraction of sp³-hybridized carbons (Fsp3) is 0.636. The molecule has 0 aliphatic heterocycles. The molecule has 0 N–H and O–H groups in total. The molecule has 0 spiro atoms. The van der Waals surface area contributed by atoms with Crippen LogP contribution >= 0.6 is 0 Å². The second kappa shape index (κ2) is 4.94. The van der Waals surface area contributed by atoms with Gasteiger partial charge in [-0.3, -0.25) is 9.59 Å². The van der Waals surface area contributed by atoms with Gasteiger partial charge in [0.25, 0.3) is 0 Å². The molecule has 0 saturated heterocycles. The van der Waals surface area contributed by atoms with Gasteiger partial charge >= 0.3 is 5.97 Å². The van der Waals surface area contributed by atoms with Gasteiger partial charge in [-0.05, 0) is 0 Å². The molecule has 0 amide bonds. The third-order valence-electron chi connectivity index (χ3n) is 1.72. The van der Waals surface area contributed by atoms with Gasteiger partial charge in [0.05, 0.1) is 0 Å². The Hall–Kier alpha value is -1.12. The highest BCUT2D eigenvalue weighted by atomic mass is 16.5. The molecule has 0 aliphatic carbocycles. The van der Waals surface area contributed by atoms with E-state index in [0.29, 0.717) is 6.42 Å². The zero-order valence-electron chi connectivity index (χ0n) is 9.29. The number of rotatable bonds is 4. The van der Waals surface area contributed by atoms with Crippen LogP contribution in [0.2, 0.25) is 0 Å². The standard InChI is InChI=1S/C11H18O3/c1-6-7-9(14-8(2)12)10(13)11(3,4)5/h6,9H,1,7H2,2-5H3/t9-/m0/s1. The normalized spacial score (nSPS) is 13.1. The second-order valence-corrected chi connectivity index (χ2v) is 4.24. The van der Waals surface area contributed by atoms with Crippen LogP contribution in [0.25, 0.3) is 0 Å². The van der Waals surface area contributed by atoms with Crippen LogP contribution < -0.4 is 0 Å². The van der Waals surface area contributed by atoms with Crippen molar-refractivity contribution in [1.82, 2.24) is 0 Å². The fourth-order valence-corrected chi connectivity index (χ4v) is 1.04. The van der Waals surface area contributed by atoms with Crippen LogP contribution in [-0.2, 0) is 14.3 Å². The van der Waals surface area contributed by atoms with E-state index in [1.165, 1.54) is 6.92 Å². The molecule has 80 valence electrons. The molecule has 0 bridgehead atoms. The Morgan fingerprint density at radius 3 is 2.21 bits per heavy atom. The van der Waals surface area contributed by atoms with E-state index in [1.807, 2.05) is 0 Å². The van der Waals surface area contributed by atoms with Crippen molar-refractivity contribution in [3.63, 3.8) is 0 Å².